The molecule has 0 bridgehead atoms. The Morgan fingerprint density at radius 3 is 2.64 bits per heavy atom. The highest BCUT2D eigenvalue weighted by atomic mass is 16.5. The van der Waals surface area contributed by atoms with Crippen LogP contribution < -0.4 is 14.8 Å². The topological polar surface area (TPSA) is 55.7 Å². The predicted octanol–water partition coefficient (Wildman–Crippen LogP) is 3.19. The summed E-state index contributed by atoms with van der Waals surface area (Å²) in [7, 11) is 5.20. The highest BCUT2D eigenvalue weighted by Crippen LogP contribution is 2.35. The quantitative estimate of drug-likeness (QED) is 0.859. The average molecular weight is 386 g/mol. The molecule has 0 aliphatic carbocycles. The van der Waals surface area contributed by atoms with Gasteiger partial charge in [-0.1, -0.05) is 6.42 Å². The smallest absolute Gasteiger partial charge is 0.267 e. The van der Waals surface area contributed by atoms with Crippen LogP contribution in [0, 0.1) is 5.92 Å². The van der Waals surface area contributed by atoms with Gasteiger partial charge in [-0.15, -0.1) is 0 Å². The molecular weight excluding hydrogens is 354 g/mol. The summed E-state index contributed by atoms with van der Waals surface area (Å²) in [5, 5.41) is 4.10. The van der Waals surface area contributed by atoms with Crippen molar-refractivity contribution in [1.82, 2.24) is 14.8 Å². The van der Waals surface area contributed by atoms with Crippen LogP contribution in [0.4, 0.5) is 0 Å². The normalized spacial score (nSPS) is 22.7. The molecule has 3 heterocycles. The van der Waals surface area contributed by atoms with Crippen LogP contribution >= 0.6 is 0 Å². The number of hydrogen-bond donors (Lipinski definition) is 1. The van der Waals surface area contributed by atoms with Crippen molar-refractivity contribution in [2.75, 3.05) is 33.9 Å². The van der Waals surface area contributed by atoms with Crippen molar-refractivity contribution in [2.24, 2.45) is 13.0 Å². The van der Waals surface area contributed by atoms with Gasteiger partial charge in [-0.3, -0.25) is 4.79 Å². The summed E-state index contributed by atoms with van der Waals surface area (Å²) in [6.07, 6.45) is 6.34. The summed E-state index contributed by atoms with van der Waals surface area (Å²) >= 11 is 0. The number of nitrogens with zero attached hydrogens (tertiary/aromatic N) is 2. The lowest BCUT2D eigenvalue weighted by atomic mass is 9.83. The maximum absolute atomic E-state index is 13.0. The van der Waals surface area contributed by atoms with Crippen molar-refractivity contribution in [1.29, 1.82) is 0 Å². The monoisotopic (exact) mass is 385 g/mol. The van der Waals surface area contributed by atoms with E-state index in [1.54, 1.807) is 14.2 Å². The van der Waals surface area contributed by atoms with E-state index in [2.05, 4.69) is 10.2 Å². The molecule has 4 rings (SSSR count). The van der Waals surface area contributed by atoms with Gasteiger partial charge < -0.3 is 24.3 Å². The van der Waals surface area contributed by atoms with Gasteiger partial charge in [0.1, 0.15) is 17.2 Å². The third-order valence-electron chi connectivity index (χ3n) is 6.54. The molecule has 0 saturated carbocycles. The van der Waals surface area contributed by atoms with E-state index in [1.807, 2.05) is 29.8 Å². The molecule has 2 aromatic rings. The zero-order chi connectivity index (χ0) is 19.7. The summed E-state index contributed by atoms with van der Waals surface area (Å²) in [5.74, 6) is 2.01. The Morgan fingerprint density at radius 1 is 1.11 bits per heavy atom. The molecule has 2 fully saturated rings. The van der Waals surface area contributed by atoms with Crippen LogP contribution in [0.15, 0.2) is 18.2 Å². The van der Waals surface area contributed by atoms with E-state index in [1.165, 1.54) is 45.2 Å². The number of rotatable bonds is 5. The number of carbonyl (C=O) groups is 1. The fourth-order valence-corrected chi connectivity index (χ4v) is 5.10. The first kappa shape index (κ1) is 19.1. The van der Waals surface area contributed by atoms with Gasteiger partial charge in [0.2, 0.25) is 0 Å². The van der Waals surface area contributed by atoms with E-state index in [0.29, 0.717) is 17.7 Å². The highest BCUT2D eigenvalue weighted by molar-refractivity contribution is 6.02. The number of methoxy groups -OCH3 is 2. The number of aryl methyl sites for hydroxylation is 1. The lowest BCUT2D eigenvalue weighted by molar-refractivity contribution is 0.0574. The fourth-order valence-electron chi connectivity index (χ4n) is 5.10. The van der Waals surface area contributed by atoms with E-state index in [-0.39, 0.29) is 5.91 Å². The molecule has 2 aliphatic heterocycles. The molecule has 0 radical (unpaired) electrons. The third-order valence-corrected chi connectivity index (χ3v) is 6.54. The Morgan fingerprint density at radius 2 is 1.86 bits per heavy atom. The molecule has 6 heteroatoms. The summed E-state index contributed by atoms with van der Waals surface area (Å²) in [4.78, 5) is 15.6. The SMILES string of the molecule is COc1ccc(OC)c2c1cc(C(=O)NC[C@@H]1CCCN3CCCC[C@H]13)n2C. The molecule has 1 aromatic heterocycles. The average Bonchev–Trinajstić information content (AvgIpc) is 3.09. The molecule has 1 amide bonds. The number of piperidine rings is 2. The van der Waals surface area contributed by atoms with Crippen molar-refractivity contribution < 1.29 is 14.3 Å². The number of aromatic nitrogens is 1. The van der Waals surface area contributed by atoms with Gasteiger partial charge in [0, 0.05) is 25.0 Å². The maximum Gasteiger partial charge on any atom is 0.267 e. The maximum atomic E-state index is 13.0. The van der Waals surface area contributed by atoms with Crippen LogP contribution in [-0.2, 0) is 7.05 Å². The second-order valence-corrected chi connectivity index (χ2v) is 8.03. The minimum atomic E-state index is -0.0317. The second kappa shape index (κ2) is 8.03. The Hall–Kier alpha value is -2.21. The van der Waals surface area contributed by atoms with Gasteiger partial charge in [-0.2, -0.15) is 0 Å². The molecule has 0 spiro atoms. The highest BCUT2D eigenvalue weighted by Gasteiger charge is 2.33. The van der Waals surface area contributed by atoms with Gasteiger partial charge in [-0.25, -0.2) is 0 Å². The van der Waals surface area contributed by atoms with Gasteiger partial charge in [0.05, 0.1) is 19.7 Å². The molecule has 2 saturated heterocycles. The van der Waals surface area contributed by atoms with E-state index >= 15 is 0 Å². The van der Waals surface area contributed by atoms with E-state index in [9.17, 15) is 4.79 Å². The van der Waals surface area contributed by atoms with Crippen LogP contribution in [0.5, 0.6) is 11.5 Å². The molecular formula is C22H31N3O3. The number of fused-ring (bicyclic) bond motifs is 2. The van der Waals surface area contributed by atoms with Crippen LogP contribution in [-0.4, -0.2) is 55.3 Å². The standard InChI is InChI=1S/C22H31N3O3/c1-24-18(13-16-19(27-2)9-10-20(28-3)21(16)24)22(26)23-14-15-7-6-12-25-11-5-4-8-17(15)25/h9-10,13,15,17H,4-8,11-12,14H2,1-3H3,(H,23,26)/t15-,17+/m0/s1. The van der Waals surface area contributed by atoms with Crippen LogP contribution in [0.25, 0.3) is 10.9 Å². The minimum absolute atomic E-state index is 0.0317. The summed E-state index contributed by atoms with van der Waals surface area (Å²) in [6.45, 7) is 3.19. The fraction of sp³-hybridized carbons (Fsp3) is 0.591. The molecule has 0 unspecified atom stereocenters. The molecule has 1 aromatic carbocycles. The summed E-state index contributed by atoms with van der Waals surface area (Å²) in [5.41, 5.74) is 1.51. The van der Waals surface area contributed by atoms with Gasteiger partial charge in [0.25, 0.3) is 5.91 Å². The second-order valence-electron chi connectivity index (χ2n) is 8.03. The number of carbonyl (C=O) groups excluding carboxylic acids is 1. The Labute approximate surface area is 166 Å². The van der Waals surface area contributed by atoms with Crippen LogP contribution in [0.2, 0.25) is 0 Å². The first-order valence-electron chi connectivity index (χ1n) is 10.4. The van der Waals surface area contributed by atoms with Gasteiger partial charge in [-0.05, 0) is 62.9 Å². The minimum Gasteiger partial charge on any atom is -0.496 e. The molecule has 1 N–H and O–H groups in total. The van der Waals surface area contributed by atoms with Crippen LogP contribution in [0.1, 0.15) is 42.6 Å². The summed E-state index contributed by atoms with van der Waals surface area (Å²) < 4.78 is 12.9. The zero-order valence-electron chi connectivity index (χ0n) is 17.2. The van der Waals surface area contributed by atoms with E-state index in [4.69, 9.17) is 9.47 Å². The first-order chi connectivity index (χ1) is 13.6. The predicted molar refractivity (Wildman–Crippen MR) is 110 cm³/mol. The largest absolute Gasteiger partial charge is 0.496 e. The summed E-state index contributed by atoms with van der Waals surface area (Å²) in [6, 6.07) is 6.29. The van der Waals surface area contributed by atoms with E-state index < -0.39 is 0 Å². The molecule has 2 aliphatic rings. The number of hydrogen-bond acceptors (Lipinski definition) is 4. The first-order valence-corrected chi connectivity index (χ1v) is 10.4. The van der Waals surface area contributed by atoms with Crippen molar-refractivity contribution in [3.8, 4) is 11.5 Å². The third kappa shape index (κ3) is 3.34. The molecule has 2 atom stereocenters. The Balaban J connectivity index is 1.53. The lowest BCUT2D eigenvalue weighted by Gasteiger charge is -2.44. The molecule has 152 valence electrons. The molecule has 28 heavy (non-hydrogen) atoms. The Kier molecular flexibility index (Phi) is 5.49. The number of amides is 1. The van der Waals surface area contributed by atoms with Crippen LogP contribution in [0.3, 0.4) is 0 Å². The van der Waals surface area contributed by atoms with Crippen molar-refractivity contribution in [3.05, 3.63) is 23.9 Å². The Bertz CT molecular complexity index is 858. The van der Waals surface area contributed by atoms with Gasteiger partial charge >= 0.3 is 0 Å². The van der Waals surface area contributed by atoms with Crippen molar-refractivity contribution in [2.45, 2.75) is 38.1 Å². The van der Waals surface area contributed by atoms with Gasteiger partial charge in [0.15, 0.2) is 0 Å². The van der Waals surface area contributed by atoms with Crippen molar-refractivity contribution >= 4 is 16.8 Å². The number of ether oxygens (including phenoxy) is 2. The molecule has 6 nitrogen and oxygen atoms in total. The zero-order valence-corrected chi connectivity index (χ0v) is 17.2. The number of benzene rings is 1. The lowest BCUT2D eigenvalue weighted by Crippen LogP contribution is -2.51. The van der Waals surface area contributed by atoms with E-state index in [0.717, 1.165) is 28.9 Å². The van der Waals surface area contributed by atoms with Crippen molar-refractivity contribution in [3.63, 3.8) is 0 Å². The number of nitrogens with one attached hydrogen (secondary N) is 1.